The molecule has 2 aromatic carbocycles. The summed E-state index contributed by atoms with van der Waals surface area (Å²) in [5, 5.41) is 5.66. The number of carbonyl (C=O) groups excluding carboxylic acids is 2. The molecule has 0 saturated carbocycles. The highest BCUT2D eigenvalue weighted by molar-refractivity contribution is 6.08. The maximum atomic E-state index is 13.3. The molecule has 2 aromatic heterocycles. The lowest BCUT2D eigenvalue weighted by Crippen LogP contribution is -2.15. The summed E-state index contributed by atoms with van der Waals surface area (Å²) in [6, 6.07) is 18.8. The van der Waals surface area contributed by atoms with Crippen LogP contribution in [0, 0.1) is 13.8 Å². The van der Waals surface area contributed by atoms with Crippen LogP contribution in [0.2, 0.25) is 0 Å². The van der Waals surface area contributed by atoms with E-state index in [4.69, 9.17) is 4.98 Å². The van der Waals surface area contributed by atoms with Gasteiger partial charge >= 0.3 is 0 Å². The van der Waals surface area contributed by atoms with Crippen LogP contribution in [-0.2, 0) is 4.79 Å². The van der Waals surface area contributed by atoms with E-state index in [0.29, 0.717) is 28.4 Å². The molecule has 0 unspecified atom stereocenters. The number of amides is 2. The summed E-state index contributed by atoms with van der Waals surface area (Å²) in [6.45, 7) is 5.46. The zero-order valence-electron chi connectivity index (χ0n) is 17.1. The molecule has 4 rings (SSSR count). The van der Waals surface area contributed by atoms with Gasteiger partial charge in [0.2, 0.25) is 5.91 Å². The van der Waals surface area contributed by atoms with Crippen molar-refractivity contribution in [2.75, 3.05) is 10.6 Å². The number of anilines is 2. The Morgan fingerprint density at radius 2 is 1.40 bits per heavy atom. The molecular formula is C24H22N4O2. The summed E-state index contributed by atoms with van der Waals surface area (Å²) in [7, 11) is 0. The summed E-state index contributed by atoms with van der Waals surface area (Å²) >= 11 is 0. The average Bonchev–Trinajstić information content (AvgIpc) is 3.08. The molecule has 150 valence electrons. The molecule has 0 radical (unpaired) electrons. The van der Waals surface area contributed by atoms with Crippen molar-refractivity contribution in [2.45, 2.75) is 20.8 Å². The van der Waals surface area contributed by atoms with Gasteiger partial charge in [-0.3, -0.25) is 14.0 Å². The Morgan fingerprint density at radius 3 is 2.03 bits per heavy atom. The van der Waals surface area contributed by atoms with Crippen molar-refractivity contribution < 1.29 is 9.59 Å². The zero-order chi connectivity index (χ0) is 21.3. The minimum absolute atomic E-state index is 0.143. The van der Waals surface area contributed by atoms with E-state index < -0.39 is 0 Å². The van der Waals surface area contributed by atoms with E-state index in [0.717, 1.165) is 16.7 Å². The van der Waals surface area contributed by atoms with Crippen LogP contribution in [0.5, 0.6) is 0 Å². The van der Waals surface area contributed by atoms with Gasteiger partial charge in [0, 0.05) is 30.1 Å². The van der Waals surface area contributed by atoms with Crippen molar-refractivity contribution in [3.63, 3.8) is 0 Å². The van der Waals surface area contributed by atoms with Gasteiger partial charge < -0.3 is 10.6 Å². The third-order valence-electron chi connectivity index (χ3n) is 4.77. The van der Waals surface area contributed by atoms with Gasteiger partial charge in [-0.15, -0.1) is 0 Å². The maximum Gasteiger partial charge on any atom is 0.274 e. The van der Waals surface area contributed by atoms with Crippen LogP contribution in [-0.4, -0.2) is 21.2 Å². The number of aryl methyl sites for hydroxylation is 2. The van der Waals surface area contributed by atoms with E-state index in [1.165, 1.54) is 6.92 Å². The fourth-order valence-electron chi connectivity index (χ4n) is 3.31. The number of nitrogens with one attached hydrogen (secondary N) is 2. The number of pyridine rings is 1. The standard InChI is InChI=1S/C24H22N4O2/c1-15-4-7-18(8-5-15)22-23(28-14-16(2)6-13-21(28)27-22)24(30)26-20-11-9-19(10-12-20)25-17(3)29/h4-14H,1-3H3,(H,25,29)(H,26,30). The molecule has 0 aliphatic rings. The number of aromatic nitrogens is 2. The third-order valence-corrected chi connectivity index (χ3v) is 4.77. The lowest BCUT2D eigenvalue weighted by atomic mass is 10.1. The molecule has 2 N–H and O–H groups in total. The Labute approximate surface area is 174 Å². The molecule has 0 aliphatic heterocycles. The molecule has 2 heterocycles. The molecule has 0 saturated heterocycles. The number of hydrogen-bond acceptors (Lipinski definition) is 3. The first-order valence-corrected chi connectivity index (χ1v) is 9.65. The molecule has 30 heavy (non-hydrogen) atoms. The van der Waals surface area contributed by atoms with Gasteiger partial charge in [0.1, 0.15) is 17.0 Å². The second kappa shape index (κ2) is 7.83. The molecule has 0 fully saturated rings. The largest absolute Gasteiger partial charge is 0.326 e. The Morgan fingerprint density at radius 1 is 0.800 bits per heavy atom. The van der Waals surface area contributed by atoms with Crippen LogP contribution in [0.4, 0.5) is 11.4 Å². The SMILES string of the molecule is CC(=O)Nc1ccc(NC(=O)c2c(-c3ccc(C)cc3)nc3ccc(C)cn23)cc1. The van der Waals surface area contributed by atoms with Crippen molar-refractivity contribution in [3.8, 4) is 11.3 Å². The lowest BCUT2D eigenvalue weighted by Gasteiger charge is -2.09. The van der Waals surface area contributed by atoms with Crippen LogP contribution < -0.4 is 10.6 Å². The van der Waals surface area contributed by atoms with Gasteiger partial charge in [-0.05, 0) is 49.7 Å². The van der Waals surface area contributed by atoms with Crippen molar-refractivity contribution in [1.29, 1.82) is 0 Å². The highest BCUT2D eigenvalue weighted by atomic mass is 16.2. The molecule has 6 nitrogen and oxygen atoms in total. The average molecular weight is 398 g/mol. The monoisotopic (exact) mass is 398 g/mol. The number of carbonyl (C=O) groups is 2. The summed E-state index contributed by atoms with van der Waals surface area (Å²) in [5.41, 5.74) is 6.18. The molecule has 6 heteroatoms. The molecule has 2 amide bonds. The van der Waals surface area contributed by atoms with E-state index in [1.54, 1.807) is 24.3 Å². The van der Waals surface area contributed by atoms with Gasteiger partial charge in [0.05, 0.1) is 0 Å². The first-order chi connectivity index (χ1) is 14.4. The number of hydrogen-bond donors (Lipinski definition) is 2. The number of nitrogens with zero attached hydrogens (tertiary/aromatic N) is 2. The van der Waals surface area contributed by atoms with Gasteiger partial charge in [0.25, 0.3) is 5.91 Å². The van der Waals surface area contributed by atoms with Gasteiger partial charge in [-0.2, -0.15) is 0 Å². The number of fused-ring (bicyclic) bond motifs is 1. The quantitative estimate of drug-likeness (QED) is 0.517. The first-order valence-electron chi connectivity index (χ1n) is 9.65. The summed E-state index contributed by atoms with van der Waals surface area (Å²) in [4.78, 5) is 29.2. The number of imidazole rings is 1. The lowest BCUT2D eigenvalue weighted by molar-refractivity contribution is -0.114. The van der Waals surface area contributed by atoms with E-state index in [-0.39, 0.29) is 11.8 Å². The highest BCUT2D eigenvalue weighted by Crippen LogP contribution is 2.26. The predicted molar refractivity (Wildman–Crippen MR) is 119 cm³/mol. The molecule has 4 aromatic rings. The molecule has 0 atom stereocenters. The molecular weight excluding hydrogens is 376 g/mol. The van der Waals surface area contributed by atoms with Crippen molar-refractivity contribution in [1.82, 2.24) is 9.38 Å². The highest BCUT2D eigenvalue weighted by Gasteiger charge is 2.21. The van der Waals surface area contributed by atoms with Crippen LogP contribution >= 0.6 is 0 Å². The van der Waals surface area contributed by atoms with Crippen LogP contribution in [0.3, 0.4) is 0 Å². The van der Waals surface area contributed by atoms with E-state index in [1.807, 2.05) is 60.8 Å². The molecule has 0 spiro atoms. The second-order valence-corrected chi connectivity index (χ2v) is 7.32. The zero-order valence-corrected chi connectivity index (χ0v) is 17.1. The summed E-state index contributed by atoms with van der Waals surface area (Å²) in [5.74, 6) is -0.397. The molecule has 0 bridgehead atoms. The van der Waals surface area contributed by atoms with Crippen LogP contribution in [0.25, 0.3) is 16.9 Å². The summed E-state index contributed by atoms with van der Waals surface area (Å²) < 4.78 is 1.82. The van der Waals surface area contributed by atoms with Gasteiger partial charge in [-0.25, -0.2) is 4.98 Å². The maximum absolute atomic E-state index is 13.3. The molecule has 0 aliphatic carbocycles. The first kappa shape index (κ1) is 19.4. The van der Waals surface area contributed by atoms with E-state index in [9.17, 15) is 9.59 Å². The fraction of sp³-hybridized carbons (Fsp3) is 0.125. The minimum atomic E-state index is -0.254. The fourth-order valence-corrected chi connectivity index (χ4v) is 3.31. The predicted octanol–water partition coefficient (Wildman–Crippen LogP) is 4.83. The number of rotatable bonds is 4. The van der Waals surface area contributed by atoms with E-state index >= 15 is 0 Å². The normalized spacial score (nSPS) is 10.8. The van der Waals surface area contributed by atoms with Crippen molar-refractivity contribution >= 4 is 28.8 Å². The Kier molecular flexibility index (Phi) is 5.06. The summed E-state index contributed by atoms with van der Waals surface area (Å²) in [6.07, 6.45) is 1.91. The number of benzene rings is 2. The Bertz CT molecular complexity index is 1240. The van der Waals surface area contributed by atoms with E-state index in [2.05, 4.69) is 10.6 Å². The van der Waals surface area contributed by atoms with Crippen LogP contribution in [0.1, 0.15) is 28.5 Å². The minimum Gasteiger partial charge on any atom is -0.326 e. The topological polar surface area (TPSA) is 75.5 Å². The Hall–Kier alpha value is -3.93. The smallest absolute Gasteiger partial charge is 0.274 e. The van der Waals surface area contributed by atoms with Crippen molar-refractivity contribution in [3.05, 3.63) is 83.7 Å². The Balaban J connectivity index is 1.73. The van der Waals surface area contributed by atoms with Gasteiger partial charge in [0.15, 0.2) is 0 Å². The second-order valence-electron chi connectivity index (χ2n) is 7.32. The van der Waals surface area contributed by atoms with Gasteiger partial charge in [-0.1, -0.05) is 35.9 Å². The van der Waals surface area contributed by atoms with Crippen molar-refractivity contribution in [2.24, 2.45) is 0 Å². The van der Waals surface area contributed by atoms with Crippen LogP contribution in [0.15, 0.2) is 66.9 Å². The third kappa shape index (κ3) is 3.93.